The molecule has 1 unspecified atom stereocenters. The van der Waals surface area contributed by atoms with Crippen LogP contribution < -0.4 is 16.6 Å². The predicted molar refractivity (Wildman–Crippen MR) is 145 cm³/mol. The Morgan fingerprint density at radius 2 is 1.87 bits per heavy atom. The molecule has 3 aromatic rings. The summed E-state index contributed by atoms with van der Waals surface area (Å²) in [6, 6.07) is 12.7. The Bertz CT molecular complexity index is 1410. The molecular weight excluding hydrogens is 506 g/mol. The largest absolute Gasteiger partial charge is 0.378 e. The number of carbonyl (C=O) groups excluding carboxylic acids is 2. The minimum atomic E-state index is -0.816. The molecule has 0 saturated heterocycles. The number of hydrogen-bond acceptors (Lipinski definition) is 5. The van der Waals surface area contributed by atoms with E-state index in [0.717, 1.165) is 35.1 Å². The monoisotopic (exact) mass is 535 g/mol. The maximum absolute atomic E-state index is 13.5. The summed E-state index contributed by atoms with van der Waals surface area (Å²) in [7, 11) is 0. The number of pyridine rings is 1. The average molecular weight is 536 g/mol. The standard InChI is InChI=1S/C29H30ClN3O5/c1-17-12-19-2-5-21(30)13-24(19)25-14-27(34)33(15-20(25)16-38-17)26(10-11-37-23-8-9-23)29(36)32-22-6-3-18(4-7-22)28(31)35/h2-7,13-15,17,23,26H,8-12,16H2,1H3,(H2,31,35)(H,32,36)/t17-,26?/m1/s1. The smallest absolute Gasteiger partial charge is 0.251 e. The van der Waals surface area contributed by atoms with Crippen LogP contribution in [0.5, 0.6) is 0 Å². The van der Waals surface area contributed by atoms with Crippen LogP contribution in [-0.2, 0) is 27.3 Å². The summed E-state index contributed by atoms with van der Waals surface area (Å²) in [6.07, 6.45) is 4.96. The van der Waals surface area contributed by atoms with Gasteiger partial charge in [-0.25, -0.2) is 0 Å². The molecule has 8 nitrogen and oxygen atoms in total. The molecule has 1 fully saturated rings. The fourth-order valence-corrected chi connectivity index (χ4v) is 4.87. The van der Waals surface area contributed by atoms with Crippen LogP contribution in [0.2, 0.25) is 5.02 Å². The van der Waals surface area contributed by atoms with E-state index in [-0.39, 0.29) is 23.7 Å². The number of nitrogens with zero attached hydrogens (tertiary/aromatic N) is 1. The highest BCUT2D eigenvalue weighted by Crippen LogP contribution is 2.33. The summed E-state index contributed by atoms with van der Waals surface area (Å²) in [5.74, 6) is -0.911. The Balaban J connectivity index is 1.49. The van der Waals surface area contributed by atoms with Crippen molar-refractivity contribution in [2.45, 2.75) is 57.5 Å². The Morgan fingerprint density at radius 3 is 2.58 bits per heavy atom. The molecule has 1 aromatic heterocycles. The quantitative estimate of drug-likeness (QED) is 0.441. The lowest BCUT2D eigenvalue weighted by Gasteiger charge is -2.25. The van der Waals surface area contributed by atoms with Gasteiger partial charge in [-0.2, -0.15) is 0 Å². The van der Waals surface area contributed by atoms with Crippen LogP contribution in [0.3, 0.4) is 0 Å². The second kappa shape index (κ2) is 11.1. The van der Waals surface area contributed by atoms with Crippen molar-refractivity contribution in [3.05, 3.63) is 86.8 Å². The van der Waals surface area contributed by atoms with Gasteiger partial charge in [-0.15, -0.1) is 0 Å². The van der Waals surface area contributed by atoms with Crippen molar-refractivity contribution in [1.82, 2.24) is 4.57 Å². The van der Waals surface area contributed by atoms with E-state index in [0.29, 0.717) is 42.3 Å². The Morgan fingerprint density at radius 1 is 1.13 bits per heavy atom. The van der Waals surface area contributed by atoms with Crippen molar-refractivity contribution < 1.29 is 19.1 Å². The Labute approximate surface area is 225 Å². The van der Waals surface area contributed by atoms with Crippen molar-refractivity contribution in [2.24, 2.45) is 5.73 Å². The lowest BCUT2D eigenvalue weighted by Crippen LogP contribution is -2.34. The molecule has 0 radical (unpaired) electrons. The van der Waals surface area contributed by atoms with Gasteiger partial charge in [0, 0.05) is 47.1 Å². The fourth-order valence-electron chi connectivity index (χ4n) is 4.70. The lowest BCUT2D eigenvalue weighted by molar-refractivity contribution is -0.120. The molecule has 2 atom stereocenters. The number of ether oxygens (including phenoxy) is 2. The summed E-state index contributed by atoms with van der Waals surface area (Å²) in [5.41, 5.74) is 9.35. The van der Waals surface area contributed by atoms with E-state index in [4.69, 9.17) is 26.8 Å². The van der Waals surface area contributed by atoms with Crippen molar-refractivity contribution in [3.63, 3.8) is 0 Å². The SMILES string of the molecule is C[C@@H]1Cc2ccc(Cl)cc2-c2cc(=O)n(C(CCOC3CC3)C(=O)Nc3ccc(C(N)=O)cc3)cc2CO1. The number of fused-ring (bicyclic) bond motifs is 3. The van der Waals surface area contributed by atoms with Crippen molar-refractivity contribution in [3.8, 4) is 11.1 Å². The number of carbonyl (C=O) groups is 2. The lowest BCUT2D eigenvalue weighted by atomic mass is 9.92. The van der Waals surface area contributed by atoms with E-state index >= 15 is 0 Å². The van der Waals surface area contributed by atoms with Crippen molar-refractivity contribution in [2.75, 3.05) is 11.9 Å². The molecule has 38 heavy (non-hydrogen) atoms. The van der Waals surface area contributed by atoms with Gasteiger partial charge >= 0.3 is 0 Å². The van der Waals surface area contributed by atoms with Crippen LogP contribution in [0.15, 0.2) is 59.5 Å². The molecule has 2 amide bonds. The fraction of sp³-hybridized carbons (Fsp3) is 0.345. The molecule has 9 heteroatoms. The van der Waals surface area contributed by atoms with Gasteiger partial charge in [-0.1, -0.05) is 17.7 Å². The highest BCUT2D eigenvalue weighted by molar-refractivity contribution is 6.30. The van der Waals surface area contributed by atoms with Crippen LogP contribution in [0.1, 0.15) is 53.7 Å². The minimum Gasteiger partial charge on any atom is -0.378 e. The van der Waals surface area contributed by atoms with Gasteiger partial charge in [-0.05, 0) is 79.3 Å². The number of primary amides is 1. The molecule has 2 heterocycles. The molecule has 1 aliphatic carbocycles. The first-order valence-corrected chi connectivity index (χ1v) is 13.1. The number of nitrogens with two attached hydrogens (primary N) is 1. The van der Waals surface area contributed by atoms with Crippen LogP contribution in [0.25, 0.3) is 11.1 Å². The Kier molecular flexibility index (Phi) is 7.65. The maximum Gasteiger partial charge on any atom is 0.251 e. The molecule has 198 valence electrons. The van der Waals surface area contributed by atoms with Crippen LogP contribution in [0.4, 0.5) is 5.69 Å². The average Bonchev–Trinajstić information content (AvgIpc) is 3.71. The highest BCUT2D eigenvalue weighted by atomic mass is 35.5. The zero-order valence-electron chi connectivity index (χ0n) is 21.1. The number of anilines is 1. The van der Waals surface area contributed by atoms with Gasteiger partial charge < -0.3 is 25.1 Å². The first-order valence-electron chi connectivity index (χ1n) is 12.8. The van der Waals surface area contributed by atoms with Crippen LogP contribution >= 0.6 is 11.6 Å². The normalized spacial score (nSPS) is 17.5. The number of aromatic nitrogens is 1. The zero-order chi connectivity index (χ0) is 26.8. The maximum atomic E-state index is 13.5. The van der Waals surface area contributed by atoms with Gasteiger partial charge in [0.1, 0.15) is 6.04 Å². The summed E-state index contributed by atoms with van der Waals surface area (Å²) >= 11 is 6.32. The van der Waals surface area contributed by atoms with Gasteiger partial charge in [0.25, 0.3) is 5.56 Å². The molecule has 2 aliphatic rings. The topological polar surface area (TPSA) is 113 Å². The second-order valence-corrected chi connectivity index (χ2v) is 10.3. The zero-order valence-corrected chi connectivity index (χ0v) is 21.9. The molecule has 1 saturated carbocycles. The van der Waals surface area contributed by atoms with Gasteiger partial charge in [0.15, 0.2) is 0 Å². The molecule has 2 aromatic carbocycles. The predicted octanol–water partition coefficient (Wildman–Crippen LogP) is 4.48. The number of hydrogen-bond donors (Lipinski definition) is 2. The number of halogens is 1. The molecular formula is C29H30ClN3O5. The summed E-state index contributed by atoms with van der Waals surface area (Å²) in [6.45, 7) is 2.65. The summed E-state index contributed by atoms with van der Waals surface area (Å²) < 4.78 is 13.4. The van der Waals surface area contributed by atoms with E-state index in [1.165, 1.54) is 4.57 Å². The van der Waals surface area contributed by atoms with Crippen molar-refractivity contribution >= 4 is 29.1 Å². The minimum absolute atomic E-state index is 0.0298. The number of nitrogens with one attached hydrogen (secondary N) is 1. The van der Waals surface area contributed by atoms with Gasteiger partial charge in [-0.3, -0.25) is 14.4 Å². The van der Waals surface area contributed by atoms with Gasteiger partial charge in [0.2, 0.25) is 11.8 Å². The third-order valence-electron chi connectivity index (χ3n) is 6.90. The third kappa shape index (κ3) is 5.99. The number of benzene rings is 2. The Hall–Kier alpha value is -3.46. The first kappa shape index (κ1) is 26.2. The second-order valence-electron chi connectivity index (χ2n) is 9.89. The molecule has 3 N–H and O–H groups in total. The summed E-state index contributed by atoms with van der Waals surface area (Å²) in [4.78, 5) is 38.4. The van der Waals surface area contributed by atoms with E-state index in [2.05, 4.69) is 5.32 Å². The molecule has 5 rings (SSSR count). The van der Waals surface area contributed by atoms with E-state index < -0.39 is 11.9 Å². The molecule has 0 bridgehead atoms. The van der Waals surface area contributed by atoms with Crippen molar-refractivity contribution in [1.29, 1.82) is 0 Å². The highest BCUT2D eigenvalue weighted by Gasteiger charge is 2.27. The molecule has 0 spiro atoms. The third-order valence-corrected chi connectivity index (χ3v) is 7.14. The number of amides is 2. The number of rotatable bonds is 8. The summed E-state index contributed by atoms with van der Waals surface area (Å²) in [5, 5.41) is 3.45. The van der Waals surface area contributed by atoms with Crippen LogP contribution in [-0.4, -0.2) is 35.2 Å². The van der Waals surface area contributed by atoms with Crippen LogP contribution in [0, 0.1) is 0 Å². The molecule has 1 aliphatic heterocycles. The van der Waals surface area contributed by atoms with E-state index in [9.17, 15) is 14.4 Å². The van der Waals surface area contributed by atoms with E-state index in [1.807, 2.05) is 25.1 Å². The van der Waals surface area contributed by atoms with Gasteiger partial charge in [0.05, 0.1) is 18.8 Å². The van der Waals surface area contributed by atoms with E-state index in [1.54, 1.807) is 36.5 Å². The first-order chi connectivity index (χ1) is 18.3.